The lowest BCUT2D eigenvalue weighted by atomic mass is 9.94. The van der Waals surface area contributed by atoms with Crippen molar-refractivity contribution in [3.8, 4) is 0 Å². The minimum Gasteiger partial charge on any atom is -0.271 e. The highest BCUT2D eigenvalue weighted by molar-refractivity contribution is 6.31. The van der Waals surface area contributed by atoms with E-state index in [2.05, 4.69) is 5.43 Å². The molecule has 6 heteroatoms. The Balaban J connectivity index is 2.49. The average Bonchev–Trinajstić information content (AvgIpc) is 2.44. The van der Waals surface area contributed by atoms with Gasteiger partial charge in [0, 0.05) is 5.02 Å². The van der Waals surface area contributed by atoms with Crippen molar-refractivity contribution in [2.45, 2.75) is 19.1 Å². The first-order chi connectivity index (χ1) is 9.84. The van der Waals surface area contributed by atoms with Gasteiger partial charge < -0.3 is 0 Å². The normalized spacial score (nSPS) is 13.2. The van der Waals surface area contributed by atoms with Gasteiger partial charge in [0.1, 0.15) is 0 Å². The van der Waals surface area contributed by atoms with E-state index in [4.69, 9.17) is 17.4 Å². The van der Waals surface area contributed by atoms with Crippen LogP contribution in [-0.4, -0.2) is 0 Å². The van der Waals surface area contributed by atoms with Crippen LogP contribution in [0.25, 0.3) is 0 Å². The molecule has 2 aromatic carbocycles. The third-order valence-electron chi connectivity index (χ3n) is 3.33. The molecule has 2 nitrogen and oxygen atoms in total. The van der Waals surface area contributed by atoms with Crippen LogP contribution in [0.15, 0.2) is 42.5 Å². The SMILES string of the molecule is Cc1c(Cl)cccc1C(NN)c1cccc(C(F)(F)F)c1. The van der Waals surface area contributed by atoms with Crippen LogP contribution in [0, 0.1) is 6.92 Å². The number of nitrogens with one attached hydrogen (secondary N) is 1. The second-order valence-electron chi connectivity index (χ2n) is 4.68. The molecule has 3 N–H and O–H groups in total. The van der Waals surface area contributed by atoms with Gasteiger partial charge in [0.05, 0.1) is 11.6 Å². The standard InChI is InChI=1S/C15H14ClF3N2/c1-9-12(6-3-7-13(9)16)14(21-20)10-4-2-5-11(8-10)15(17,18)19/h2-8,14,21H,20H2,1H3. The van der Waals surface area contributed by atoms with Crippen molar-refractivity contribution in [1.29, 1.82) is 0 Å². The molecule has 1 unspecified atom stereocenters. The lowest BCUT2D eigenvalue weighted by Crippen LogP contribution is -2.29. The number of halogens is 4. The second-order valence-corrected chi connectivity index (χ2v) is 5.08. The van der Waals surface area contributed by atoms with E-state index in [1.54, 1.807) is 31.2 Å². The van der Waals surface area contributed by atoms with Crippen LogP contribution in [0.5, 0.6) is 0 Å². The van der Waals surface area contributed by atoms with E-state index in [0.717, 1.165) is 23.3 Å². The molecule has 0 saturated carbocycles. The predicted molar refractivity (Wildman–Crippen MR) is 76.8 cm³/mol. The Hall–Kier alpha value is -1.56. The summed E-state index contributed by atoms with van der Waals surface area (Å²) < 4.78 is 38.4. The van der Waals surface area contributed by atoms with Crippen LogP contribution in [0.4, 0.5) is 13.2 Å². The number of benzene rings is 2. The Bertz CT molecular complexity index is 641. The van der Waals surface area contributed by atoms with Gasteiger partial charge in [0.15, 0.2) is 0 Å². The highest BCUT2D eigenvalue weighted by Gasteiger charge is 2.31. The van der Waals surface area contributed by atoms with Crippen molar-refractivity contribution in [2.75, 3.05) is 0 Å². The zero-order valence-corrected chi connectivity index (χ0v) is 12.0. The first-order valence-electron chi connectivity index (χ1n) is 6.23. The zero-order valence-electron chi connectivity index (χ0n) is 11.2. The van der Waals surface area contributed by atoms with Gasteiger partial charge in [0.25, 0.3) is 0 Å². The Morgan fingerprint density at radius 2 is 1.81 bits per heavy atom. The van der Waals surface area contributed by atoms with Crippen LogP contribution in [0.2, 0.25) is 5.02 Å². The van der Waals surface area contributed by atoms with Crippen LogP contribution < -0.4 is 11.3 Å². The van der Waals surface area contributed by atoms with Crippen LogP contribution >= 0.6 is 11.6 Å². The van der Waals surface area contributed by atoms with Crippen molar-refractivity contribution in [3.63, 3.8) is 0 Å². The fourth-order valence-corrected chi connectivity index (χ4v) is 2.38. The monoisotopic (exact) mass is 314 g/mol. The summed E-state index contributed by atoms with van der Waals surface area (Å²) >= 11 is 6.06. The summed E-state index contributed by atoms with van der Waals surface area (Å²) in [5.41, 5.74) is 3.79. The third kappa shape index (κ3) is 3.37. The molecule has 0 spiro atoms. The molecule has 0 radical (unpaired) electrons. The summed E-state index contributed by atoms with van der Waals surface area (Å²) in [5.74, 6) is 5.54. The van der Waals surface area contributed by atoms with Gasteiger partial charge in [0.2, 0.25) is 0 Å². The lowest BCUT2D eigenvalue weighted by Gasteiger charge is -2.20. The molecule has 2 rings (SSSR count). The van der Waals surface area contributed by atoms with Crippen molar-refractivity contribution < 1.29 is 13.2 Å². The van der Waals surface area contributed by atoms with Crippen LogP contribution in [-0.2, 0) is 6.18 Å². The predicted octanol–water partition coefficient (Wildman–Crippen LogP) is 4.22. The molecule has 0 saturated heterocycles. The fraction of sp³-hybridized carbons (Fsp3) is 0.200. The first-order valence-corrected chi connectivity index (χ1v) is 6.60. The van der Waals surface area contributed by atoms with E-state index in [1.807, 2.05) is 0 Å². The quantitative estimate of drug-likeness (QED) is 0.657. The summed E-state index contributed by atoms with van der Waals surface area (Å²) in [7, 11) is 0. The number of nitrogens with two attached hydrogens (primary N) is 1. The number of hydrogen-bond donors (Lipinski definition) is 2. The highest BCUT2D eigenvalue weighted by Crippen LogP contribution is 2.33. The maximum Gasteiger partial charge on any atom is 0.416 e. The molecule has 112 valence electrons. The number of hydrazine groups is 1. The topological polar surface area (TPSA) is 38.0 Å². The van der Waals surface area contributed by atoms with Gasteiger partial charge in [-0.3, -0.25) is 5.84 Å². The molecule has 0 aliphatic carbocycles. The Morgan fingerprint density at radius 3 is 2.43 bits per heavy atom. The molecule has 0 amide bonds. The molecule has 1 atom stereocenters. The van der Waals surface area contributed by atoms with E-state index in [9.17, 15) is 13.2 Å². The Labute approximate surface area is 125 Å². The number of hydrogen-bond acceptors (Lipinski definition) is 2. The Kier molecular flexibility index (Phi) is 4.56. The molecular weight excluding hydrogens is 301 g/mol. The molecule has 2 aromatic rings. The molecule has 0 fully saturated rings. The highest BCUT2D eigenvalue weighted by atomic mass is 35.5. The van der Waals surface area contributed by atoms with Gasteiger partial charge >= 0.3 is 6.18 Å². The maximum absolute atomic E-state index is 12.8. The Morgan fingerprint density at radius 1 is 1.14 bits per heavy atom. The molecule has 0 aromatic heterocycles. The minimum absolute atomic E-state index is 0.428. The lowest BCUT2D eigenvalue weighted by molar-refractivity contribution is -0.137. The summed E-state index contributed by atoms with van der Waals surface area (Å²) in [6, 6.07) is 9.76. The summed E-state index contributed by atoms with van der Waals surface area (Å²) in [6.45, 7) is 1.80. The molecular formula is C15H14ClF3N2. The fourth-order valence-electron chi connectivity index (χ4n) is 2.20. The van der Waals surface area contributed by atoms with Gasteiger partial charge in [-0.1, -0.05) is 35.9 Å². The van der Waals surface area contributed by atoms with E-state index in [0.29, 0.717) is 10.6 Å². The number of alkyl halides is 3. The zero-order chi connectivity index (χ0) is 15.6. The largest absolute Gasteiger partial charge is 0.416 e. The summed E-state index contributed by atoms with van der Waals surface area (Å²) in [4.78, 5) is 0. The van der Waals surface area contributed by atoms with E-state index in [1.165, 1.54) is 6.07 Å². The second kappa shape index (κ2) is 6.05. The summed E-state index contributed by atoms with van der Waals surface area (Å²) in [5, 5.41) is 0.541. The van der Waals surface area contributed by atoms with Gasteiger partial charge in [-0.25, -0.2) is 5.43 Å². The molecule has 0 aliphatic heterocycles. The molecule has 0 aliphatic rings. The van der Waals surface area contributed by atoms with Crippen LogP contribution in [0.1, 0.15) is 28.3 Å². The smallest absolute Gasteiger partial charge is 0.271 e. The number of rotatable bonds is 3. The molecule has 21 heavy (non-hydrogen) atoms. The average molecular weight is 315 g/mol. The third-order valence-corrected chi connectivity index (χ3v) is 3.74. The summed E-state index contributed by atoms with van der Waals surface area (Å²) in [6.07, 6.45) is -4.39. The van der Waals surface area contributed by atoms with Crippen molar-refractivity contribution >= 4 is 11.6 Å². The van der Waals surface area contributed by atoms with Gasteiger partial charge in [-0.15, -0.1) is 0 Å². The van der Waals surface area contributed by atoms with E-state index in [-0.39, 0.29) is 0 Å². The molecule has 0 bridgehead atoms. The van der Waals surface area contributed by atoms with Crippen molar-refractivity contribution in [2.24, 2.45) is 5.84 Å². The first kappa shape index (κ1) is 15.8. The van der Waals surface area contributed by atoms with E-state index >= 15 is 0 Å². The maximum atomic E-state index is 12.8. The van der Waals surface area contributed by atoms with Crippen LogP contribution in [0.3, 0.4) is 0 Å². The van der Waals surface area contributed by atoms with Gasteiger partial charge in [-0.2, -0.15) is 13.2 Å². The van der Waals surface area contributed by atoms with Gasteiger partial charge in [-0.05, 0) is 41.8 Å². The van der Waals surface area contributed by atoms with Crippen molar-refractivity contribution in [3.05, 3.63) is 69.7 Å². The minimum atomic E-state index is -4.39. The van der Waals surface area contributed by atoms with E-state index < -0.39 is 17.8 Å². The van der Waals surface area contributed by atoms with Crippen molar-refractivity contribution in [1.82, 2.24) is 5.43 Å². The molecule has 0 heterocycles.